The number of benzene rings is 1. The maximum atomic E-state index is 12.6. The van der Waals surface area contributed by atoms with Crippen LogP contribution in [-0.2, 0) is 22.4 Å². The fourth-order valence-corrected chi connectivity index (χ4v) is 3.54. The molecule has 1 aromatic carbocycles. The van der Waals surface area contributed by atoms with Crippen molar-refractivity contribution in [2.75, 3.05) is 10.2 Å². The van der Waals surface area contributed by atoms with E-state index >= 15 is 0 Å². The molecular formula is C16H17N3O2S. The standard InChI is InChI=1S/C16H17N3O2S/c1-10-7-12-5-3-4-6-14(12)19(10)15(21)8-13-9-22-16(18-13)17-11(2)20/h3-6,9-10H,7-8H2,1-2H3,(H,17,18,20). The normalized spacial score (nSPS) is 16.5. The van der Waals surface area contributed by atoms with Gasteiger partial charge in [0, 0.05) is 24.0 Å². The van der Waals surface area contributed by atoms with E-state index < -0.39 is 0 Å². The van der Waals surface area contributed by atoms with Crippen LogP contribution in [0, 0.1) is 0 Å². The molecule has 1 atom stereocenters. The highest BCUT2D eigenvalue weighted by Gasteiger charge is 2.30. The van der Waals surface area contributed by atoms with Crippen LogP contribution in [-0.4, -0.2) is 22.8 Å². The van der Waals surface area contributed by atoms with Gasteiger partial charge in [0.15, 0.2) is 5.13 Å². The van der Waals surface area contributed by atoms with E-state index in [-0.39, 0.29) is 24.3 Å². The van der Waals surface area contributed by atoms with Gasteiger partial charge < -0.3 is 10.2 Å². The molecule has 6 heteroatoms. The summed E-state index contributed by atoms with van der Waals surface area (Å²) in [5.74, 6) is -0.119. The van der Waals surface area contributed by atoms with Crippen molar-refractivity contribution in [3.8, 4) is 0 Å². The Morgan fingerprint density at radius 1 is 1.41 bits per heavy atom. The van der Waals surface area contributed by atoms with Crippen molar-refractivity contribution in [3.63, 3.8) is 0 Å². The molecule has 1 aromatic heterocycles. The highest BCUT2D eigenvalue weighted by atomic mass is 32.1. The zero-order valence-electron chi connectivity index (χ0n) is 12.5. The minimum absolute atomic E-state index is 0.0390. The molecule has 5 nitrogen and oxygen atoms in total. The molecule has 0 bridgehead atoms. The van der Waals surface area contributed by atoms with Crippen LogP contribution in [0.15, 0.2) is 29.6 Å². The number of nitrogens with one attached hydrogen (secondary N) is 1. The summed E-state index contributed by atoms with van der Waals surface area (Å²) in [4.78, 5) is 29.8. The van der Waals surface area contributed by atoms with E-state index in [1.54, 1.807) is 0 Å². The zero-order chi connectivity index (χ0) is 15.7. The molecule has 1 aliphatic rings. The van der Waals surface area contributed by atoms with Gasteiger partial charge >= 0.3 is 0 Å². The van der Waals surface area contributed by atoms with Gasteiger partial charge in [0.2, 0.25) is 11.8 Å². The molecule has 2 aromatic rings. The largest absolute Gasteiger partial charge is 0.309 e. The molecule has 0 fully saturated rings. The van der Waals surface area contributed by atoms with Gasteiger partial charge in [-0.25, -0.2) is 4.98 Å². The summed E-state index contributed by atoms with van der Waals surface area (Å²) in [5, 5.41) is 4.98. The molecule has 0 saturated heterocycles. The molecule has 1 unspecified atom stereocenters. The lowest BCUT2D eigenvalue weighted by molar-refractivity contribution is -0.118. The quantitative estimate of drug-likeness (QED) is 0.947. The summed E-state index contributed by atoms with van der Waals surface area (Å²) in [6, 6.07) is 8.17. The third-order valence-electron chi connectivity index (χ3n) is 3.64. The summed E-state index contributed by atoms with van der Waals surface area (Å²) in [5.41, 5.74) is 2.90. The van der Waals surface area contributed by atoms with E-state index in [2.05, 4.69) is 23.3 Å². The fourth-order valence-electron chi connectivity index (χ4n) is 2.78. The van der Waals surface area contributed by atoms with Gasteiger partial charge in [-0.05, 0) is 25.0 Å². The molecular weight excluding hydrogens is 298 g/mol. The summed E-state index contributed by atoms with van der Waals surface area (Å²) in [7, 11) is 0. The van der Waals surface area contributed by atoms with Gasteiger partial charge in [-0.2, -0.15) is 0 Å². The number of thiazole rings is 1. The van der Waals surface area contributed by atoms with Gasteiger partial charge in [0.1, 0.15) is 0 Å². The molecule has 1 aliphatic heterocycles. The number of hydrogen-bond acceptors (Lipinski definition) is 4. The minimum atomic E-state index is -0.158. The van der Waals surface area contributed by atoms with Crippen LogP contribution in [0.4, 0.5) is 10.8 Å². The predicted molar refractivity (Wildman–Crippen MR) is 87.2 cm³/mol. The van der Waals surface area contributed by atoms with Crippen molar-refractivity contribution < 1.29 is 9.59 Å². The van der Waals surface area contributed by atoms with Crippen LogP contribution in [0.1, 0.15) is 25.1 Å². The van der Waals surface area contributed by atoms with E-state index in [1.165, 1.54) is 23.8 Å². The summed E-state index contributed by atoms with van der Waals surface area (Å²) in [6.07, 6.45) is 1.13. The number of anilines is 2. The molecule has 0 radical (unpaired) electrons. The number of nitrogens with zero attached hydrogens (tertiary/aromatic N) is 2. The number of carbonyl (C=O) groups excluding carboxylic acids is 2. The number of fused-ring (bicyclic) bond motifs is 1. The van der Waals surface area contributed by atoms with E-state index in [0.717, 1.165) is 12.1 Å². The molecule has 0 saturated carbocycles. The Labute approximate surface area is 133 Å². The molecule has 22 heavy (non-hydrogen) atoms. The second-order valence-electron chi connectivity index (χ2n) is 5.45. The Kier molecular flexibility index (Phi) is 3.94. The van der Waals surface area contributed by atoms with Gasteiger partial charge in [-0.3, -0.25) is 9.59 Å². The second-order valence-corrected chi connectivity index (χ2v) is 6.31. The third-order valence-corrected chi connectivity index (χ3v) is 4.45. The molecule has 2 amide bonds. The Hall–Kier alpha value is -2.21. The van der Waals surface area contributed by atoms with Gasteiger partial charge in [-0.15, -0.1) is 11.3 Å². The molecule has 3 rings (SSSR count). The molecule has 114 valence electrons. The minimum Gasteiger partial charge on any atom is -0.309 e. The summed E-state index contributed by atoms with van der Waals surface area (Å²) in [6.45, 7) is 3.50. The zero-order valence-corrected chi connectivity index (χ0v) is 13.3. The number of rotatable bonds is 3. The van der Waals surface area contributed by atoms with Crippen LogP contribution >= 0.6 is 11.3 Å². The van der Waals surface area contributed by atoms with Gasteiger partial charge in [-0.1, -0.05) is 18.2 Å². The highest BCUT2D eigenvalue weighted by molar-refractivity contribution is 7.13. The van der Waals surface area contributed by atoms with Crippen LogP contribution in [0.3, 0.4) is 0 Å². The first-order valence-electron chi connectivity index (χ1n) is 7.16. The monoisotopic (exact) mass is 315 g/mol. The van der Waals surface area contributed by atoms with Crippen molar-refractivity contribution in [1.82, 2.24) is 4.98 Å². The van der Waals surface area contributed by atoms with E-state index in [9.17, 15) is 9.59 Å². The Morgan fingerprint density at radius 2 is 2.18 bits per heavy atom. The summed E-state index contributed by atoms with van der Waals surface area (Å²) >= 11 is 1.34. The maximum Gasteiger partial charge on any atom is 0.233 e. The Morgan fingerprint density at radius 3 is 2.95 bits per heavy atom. The van der Waals surface area contributed by atoms with E-state index in [4.69, 9.17) is 0 Å². The van der Waals surface area contributed by atoms with Gasteiger partial charge in [0.25, 0.3) is 0 Å². The SMILES string of the molecule is CC(=O)Nc1nc(CC(=O)N2c3ccccc3CC2C)cs1. The van der Waals surface area contributed by atoms with Crippen molar-refractivity contribution in [2.45, 2.75) is 32.7 Å². The average Bonchev–Trinajstić information content (AvgIpc) is 3.01. The molecule has 2 heterocycles. The van der Waals surface area contributed by atoms with Crippen molar-refractivity contribution >= 4 is 34.0 Å². The first-order valence-corrected chi connectivity index (χ1v) is 8.04. The summed E-state index contributed by atoms with van der Waals surface area (Å²) < 4.78 is 0. The number of aromatic nitrogens is 1. The Balaban J connectivity index is 1.75. The van der Waals surface area contributed by atoms with Crippen molar-refractivity contribution in [2.24, 2.45) is 0 Å². The number of para-hydroxylation sites is 1. The lowest BCUT2D eigenvalue weighted by atomic mass is 10.1. The van der Waals surface area contributed by atoms with Gasteiger partial charge in [0.05, 0.1) is 12.1 Å². The topological polar surface area (TPSA) is 62.3 Å². The Bertz CT molecular complexity index is 726. The van der Waals surface area contributed by atoms with E-state index in [1.807, 2.05) is 28.5 Å². The first kappa shape index (κ1) is 14.7. The predicted octanol–water partition coefficient (Wildman–Crippen LogP) is 2.62. The van der Waals surface area contributed by atoms with Crippen LogP contribution in [0.5, 0.6) is 0 Å². The number of carbonyl (C=O) groups is 2. The van der Waals surface area contributed by atoms with Crippen molar-refractivity contribution in [1.29, 1.82) is 0 Å². The molecule has 0 spiro atoms. The third kappa shape index (κ3) is 2.87. The fraction of sp³-hybridized carbons (Fsp3) is 0.312. The average molecular weight is 315 g/mol. The second kappa shape index (κ2) is 5.88. The lowest BCUT2D eigenvalue weighted by Gasteiger charge is -2.22. The van der Waals surface area contributed by atoms with Crippen LogP contribution < -0.4 is 10.2 Å². The molecule has 1 N–H and O–H groups in total. The number of amides is 2. The number of hydrogen-bond donors (Lipinski definition) is 1. The van der Waals surface area contributed by atoms with Crippen molar-refractivity contribution in [3.05, 3.63) is 40.9 Å². The lowest BCUT2D eigenvalue weighted by Crippen LogP contribution is -2.36. The smallest absolute Gasteiger partial charge is 0.233 e. The first-order chi connectivity index (χ1) is 10.5. The van der Waals surface area contributed by atoms with Crippen LogP contribution in [0.2, 0.25) is 0 Å². The highest BCUT2D eigenvalue weighted by Crippen LogP contribution is 2.32. The van der Waals surface area contributed by atoms with E-state index in [0.29, 0.717) is 10.8 Å². The van der Waals surface area contributed by atoms with Crippen LogP contribution in [0.25, 0.3) is 0 Å². The molecule has 0 aliphatic carbocycles. The maximum absolute atomic E-state index is 12.6.